The van der Waals surface area contributed by atoms with Crippen LogP contribution in [0.4, 0.5) is 0 Å². The summed E-state index contributed by atoms with van der Waals surface area (Å²) in [5.74, 6) is -0.157. The average Bonchev–Trinajstić information content (AvgIpc) is 2.27. The quantitative estimate of drug-likeness (QED) is 0.719. The van der Waals surface area contributed by atoms with Gasteiger partial charge in [0.25, 0.3) is 0 Å². The van der Waals surface area contributed by atoms with E-state index in [9.17, 15) is 9.90 Å². The van der Waals surface area contributed by atoms with Crippen LogP contribution in [-0.2, 0) is 9.53 Å². The summed E-state index contributed by atoms with van der Waals surface area (Å²) in [5, 5.41) is 10.4. The third-order valence-electron chi connectivity index (χ3n) is 3.35. The predicted molar refractivity (Wildman–Crippen MR) is 66.8 cm³/mol. The van der Waals surface area contributed by atoms with Gasteiger partial charge >= 0.3 is 5.97 Å². The van der Waals surface area contributed by atoms with Crippen molar-refractivity contribution in [2.75, 3.05) is 26.7 Å². The maximum atomic E-state index is 11.2. The van der Waals surface area contributed by atoms with Crippen LogP contribution in [0.5, 0.6) is 0 Å². The summed E-state index contributed by atoms with van der Waals surface area (Å²) in [5.41, 5.74) is -0.540. The van der Waals surface area contributed by atoms with Gasteiger partial charge in [0, 0.05) is 13.1 Å². The van der Waals surface area contributed by atoms with Gasteiger partial charge in [0.05, 0.1) is 18.6 Å². The van der Waals surface area contributed by atoms with Gasteiger partial charge in [0.1, 0.15) is 0 Å². The molecule has 0 unspecified atom stereocenters. The van der Waals surface area contributed by atoms with E-state index in [2.05, 4.69) is 0 Å². The highest BCUT2D eigenvalue weighted by Gasteiger charge is 2.30. The Morgan fingerprint density at radius 2 is 2.00 bits per heavy atom. The van der Waals surface area contributed by atoms with Crippen molar-refractivity contribution in [3.05, 3.63) is 0 Å². The van der Waals surface area contributed by atoms with Gasteiger partial charge in [-0.25, -0.2) is 0 Å². The van der Waals surface area contributed by atoms with Crippen molar-refractivity contribution in [2.45, 2.75) is 51.0 Å². The molecule has 1 saturated carbocycles. The molecule has 0 atom stereocenters. The number of rotatable bonds is 6. The number of likely N-dealkylation sites (N-methyl/N-ethyl adjacent to an activating group) is 1. The maximum absolute atomic E-state index is 11.2. The molecule has 1 rings (SSSR count). The second-order valence-electron chi connectivity index (χ2n) is 5.08. The van der Waals surface area contributed by atoms with Crippen LogP contribution in [0.15, 0.2) is 0 Å². The molecule has 17 heavy (non-hydrogen) atoms. The molecule has 0 aromatic heterocycles. The Labute approximate surface area is 104 Å². The zero-order chi connectivity index (χ0) is 12.7. The summed E-state index contributed by atoms with van der Waals surface area (Å²) in [6.07, 6.45) is 5.63. The first kappa shape index (κ1) is 14.5. The molecule has 0 heterocycles. The Morgan fingerprint density at radius 1 is 1.35 bits per heavy atom. The van der Waals surface area contributed by atoms with Crippen LogP contribution in [0.25, 0.3) is 0 Å². The van der Waals surface area contributed by atoms with Crippen molar-refractivity contribution in [1.82, 2.24) is 4.90 Å². The number of hydrogen-bond donors (Lipinski definition) is 1. The lowest BCUT2D eigenvalue weighted by Crippen LogP contribution is -2.43. The fraction of sp³-hybridized carbons (Fsp3) is 0.923. The van der Waals surface area contributed by atoms with E-state index >= 15 is 0 Å². The molecule has 4 heteroatoms. The van der Waals surface area contributed by atoms with Gasteiger partial charge in [-0.15, -0.1) is 0 Å². The van der Waals surface area contributed by atoms with E-state index in [-0.39, 0.29) is 5.97 Å². The summed E-state index contributed by atoms with van der Waals surface area (Å²) >= 11 is 0. The number of esters is 1. The number of nitrogens with zero attached hydrogens (tertiary/aromatic N) is 1. The molecule has 1 fully saturated rings. The van der Waals surface area contributed by atoms with Crippen molar-refractivity contribution in [3.63, 3.8) is 0 Å². The zero-order valence-electron chi connectivity index (χ0n) is 11.1. The number of carbonyl (C=O) groups excluding carboxylic acids is 1. The molecule has 1 N–H and O–H groups in total. The molecule has 0 aromatic rings. The van der Waals surface area contributed by atoms with Gasteiger partial charge in [-0.3, -0.25) is 4.79 Å². The van der Waals surface area contributed by atoms with E-state index in [4.69, 9.17) is 4.74 Å². The third kappa shape index (κ3) is 5.50. The summed E-state index contributed by atoms with van der Waals surface area (Å²) in [6.45, 7) is 3.56. The molecule has 1 aliphatic rings. The molecule has 4 nitrogen and oxygen atoms in total. The normalized spacial score (nSPS) is 19.3. The minimum atomic E-state index is -0.540. The van der Waals surface area contributed by atoms with Crippen LogP contribution in [-0.4, -0.2) is 48.3 Å². The average molecular weight is 243 g/mol. The van der Waals surface area contributed by atoms with Crippen molar-refractivity contribution >= 4 is 5.97 Å². The minimum Gasteiger partial charge on any atom is -0.466 e. The minimum absolute atomic E-state index is 0.157. The summed E-state index contributed by atoms with van der Waals surface area (Å²) in [7, 11) is 1.95. The third-order valence-corrected chi connectivity index (χ3v) is 3.35. The highest BCUT2D eigenvalue weighted by molar-refractivity contribution is 5.69. The van der Waals surface area contributed by atoms with Crippen LogP contribution < -0.4 is 0 Å². The highest BCUT2D eigenvalue weighted by Crippen LogP contribution is 2.28. The summed E-state index contributed by atoms with van der Waals surface area (Å²) in [6, 6.07) is 0. The van der Waals surface area contributed by atoms with Crippen molar-refractivity contribution in [2.24, 2.45) is 0 Å². The molecule has 0 saturated heterocycles. The SMILES string of the molecule is CCOC(=O)CCN(C)CC1(O)CCCCC1. The van der Waals surface area contributed by atoms with Crippen molar-refractivity contribution in [1.29, 1.82) is 0 Å². The van der Waals surface area contributed by atoms with Crippen LogP contribution in [0.3, 0.4) is 0 Å². The van der Waals surface area contributed by atoms with E-state index in [1.807, 2.05) is 18.9 Å². The predicted octanol–water partition coefficient (Wildman–Crippen LogP) is 1.57. The van der Waals surface area contributed by atoms with E-state index in [0.29, 0.717) is 26.1 Å². The smallest absolute Gasteiger partial charge is 0.307 e. The van der Waals surface area contributed by atoms with Gasteiger partial charge < -0.3 is 14.7 Å². The summed E-state index contributed by atoms with van der Waals surface area (Å²) < 4.78 is 4.88. The van der Waals surface area contributed by atoms with Gasteiger partial charge in [-0.05, 0) is 26.8 Å². The lowest BCUT2D eigenvalue weighted by molar-refractivity contribution is -0.143. The fourth-order valence-electron chi connectivity index (χ4n) is 2.46. The second-order valence-corrected chi connectivity index (χ2v) is 5.08. The van der Waals surface area contributed by atoms with Gasteiger partial charge in [-0.2, -0.15) is 0 Å². The van der Waals surface area contributed by atoms with Crippen LogP contribution >= 0.6 is 0 Å². The van der Waals surface area contributed by atoms with Gasteiger partial charge in [0.15, 0.2) is 0 Å². The maximum Gasteiger partial charge on any atom is 0.307 e. The second kappa shape index (κ2) is 6.97. The Bertz CT molecular complexity index is 237. The molecule has 0 aliphatic heterocycles. The molecule has 1 aliphatic carbocycles. The monoisotopic (exact) mass is 243 g/mol. The molecular formula is C13H25NO3. The Balaban J connectivity index is 2.23. The first-order valence-electron chi connectivity index (χ1n) is 6.62. The molecule has 0 radical (unpaired) electrons. The van der Waals surface area contributed by atoms with Crippen LogP contribution in [0, 0.1) is 0 Å². The molecule has 0 aromatic carbocycles. The number of hydrogen-bond acceptors (Lipinski definition) is 4. The Hall–Kier alpha value is -0.610. The molecule has 0 bridgehead atoms. The van der Waals surface area contributed by atoms with Crippen molar-refractivity contribution in [3.8, 4) is 0 Å². The lowest BCUT2D eigenvalue weighted by Gasteiger charge is -2.35. The van der Waals surface area contributed by atoms with E-state index in [1.165, 1.54) is 6.42 Å². The Morgan fingerprint density at radius 3 is 2.59 bits per heavy atom. The molecule has 0 spiro atoms. The van der Waals surface area contributed by atoms with Crippen LogP contribution in [0.2, 0.25) is 0 Å². The van der Waals surface area contributed by atoms with E-state index in [1.54, 1.807) is 0 Å². The first-order chi connectivity index (χ1) is 8.06. The standard InChI is InChI=1S/C13H25NO3/c1-3-17-12(15)7-10-14(2)11-13(16)8-5-4-6-9-13/h16H,3-11H2,1-2H3. The number of carbonyl (C=O) groups is 1. The van der Waals surface area contributed by atoms with Gasteiger partial charge in [-0.1, -0.05) is 19.3 Å². The molecular weight excluding hydrogens is 218 g/mol. The van der Waals surface area contributed by atoms with Crippen LogP contribution in [0.1, 0.15) is 45.4 Å². The number of ether oxygens (including phenoxy) is 1. The largest absolute Gasteiger partial charge is 0.466 e. The molecule has 0 amide bonds. The zero-order valence-corrected chi connectivity index (χ0v) is 11.1. The summed E-state index contributed by atoms with van der Waals surface area (Å²) in [4.78, 5) is 13.2. The fourth-order valence-corrected chi connectivity index (χ4v) is 2.46. The van der Waals surface area contributed by atoms with E-state index < -0.39 is 5.60 Å². The first-order valence-corrected chi connectivity index (χ1v) is 6.62. The highest BCUT2D eigenvalue weighted by atomic mass is 16.5. The number of aliphatic hydroxyl groups is 1. The van der Waals surface area contributed by atoms with E-state index in [0.717, 1.165) is 25.7 Å². The lowest BCUT2D eigenvalue weighted by atomic mass is 9.84. The molecule has 100 valence electrons. The van der Waals surface area contributed by atoms with Crippen molar-refractivity contribution < 1.29 is 14.6 Å². The Kier molecular flexibility index (Phi) is 5.92. The topological polar surface area (TPSA) is 49.8 Å². The van der Waals surface area contributed by atoms with Gasteiger partial charge in [0.2, 0.25) is 0 Å².